The van der Waals surface area contributed by atoms with Gasteiger partial charge in [0.15, 0.2) is 16.9 Å². The first-order chi connectivity index (χ1) is 19.4. The number of carbonyl (C=O) groups is 1. The zero-order valence-corrected chi connectivity index (χ0v) is 23.6. The van der Waals surface area contributed by atoms with Crippen molar-refractivity contribution in [1.82, 2.24) is 4.90 Å². The third kappa shape index (κ3) is 4.77. The van der Waals surface area contributed by atoms with Crippen LogP contribution in [0.5, 0.6) is 11.5 Å². The van der Waals surface area contributed by atoms with Crippen molar-refractivity contribution in [2.45, 2.75) is 26.1 Å². The predicted molar refractivity (Wildman–Crippen MR) is 157 cm³/mol. The molecule has 6 rings (SSSR count). The molecule has 0 saturated carbocycles. The maximum Gasteiger partial charge on any atom is 0.291 e. The van der Waals surface area contributed by atoms with Gasteiger partial charge in [-0.3, -0.25) is 9.59 Å². The first kappa shape index (κ1) is 25.9. The third-order valence-electron chi connectivity index (χ3n) is 7.14. The normalized spacial score (nSPS) is 14.4. The monoisotopic (exact) mass is 595 g/mol. The van der Waals surface area contributed by atoms with Gasteiger partial charge in [0, 0.05) is 11.0 Å². The van der Waals surface area contributed by atoms with Crippen molar-refractivity contribution in [1.29, 1.82) is 0 Å². The van der Waals surface area contributed by atoms with E-state index < -0.39 is 6.04 Å². The summed E-state index contributed by atoms with van der Waals surface area (Å²) < 4.78 is 18.6. The van der Waals surface area contributed by atoms with Crippen LogP contribution in [0.25, 0.3) is 11.0 Å². The highest BCUT2D eigenvalue weighted by atomic mass is 79.9. The number of halogens is 1. The number of carbonyl (C=O) groups excluding carboxylic acids is 1. The number of hydrogen-bond acceptors (Lipinski definition) is 5. The van der Waals surface area contributed by atoms with Crippen LogP contribution < -0.4 is 14.9 Å². The molecule has 7 heteroatoms. The third-order valence-corrected chi connectivity index (χ3v) is 7.64. The molecule has 0 aliphatic carbocycles. The summed E-state index contributed by atoms with van der Waals surface area (Å²) in [6.45, 7) is 2.71. The van der Waals surface area contributed by atoms with E-state index in [0.29, 0.717) is 41.2 Å². The zero-order valence-electron chi connectivity index (χ0n) is 22.0. The van der Waals surface area contributed by atoms with Crippen LogP contribution in [0.1, 0.15) is 44.4 Å². The van der Waals surface area contributed by atoms with Crippen LogP contribution >= 0.6 is 15.9 Å². The first-order valence-corrected chi connectivity index (χ1v) is 13.7. The van der Waals surface area contributed by atoms with E-state index in [2.05, 4.69) is 15.9 Å². The van der Waals surface area contributed by atoms with Crippen LogP contribution in [0.3, 0.4) is 0 Å². The lowest BCUT2D eigenvalue weighted by molar-refractivity contribution is 0.0714. The molecule has 0 spiro atoms. The van der Waals surface area contributed by atoms with Crippen LogP contribution in [0.15, 0.2) is 105 Å². The Kier molecular flexibility index (Phi) is 6.90. The van der Waals surface area contributed by atoms with Gasteiger partial charge in [0.1, 0.15) is 12.2 Å². The molecule has 1 aliphatic heterocycles. The lowest BCUT2D eigenvalue weighted by Gasteiger charge is -2.26. The molecule has 0 fully saturated rings. The molecule has 0 radical (unpaired) electrons. The minimum Gasteiger partial charge on any atom is -0.493 e. The highest BCUT2D eigenvalue weighted by Gasteiger charge is 2.43. The average molecular weight is 596 g/mol. The number of aryl methyl sites for hydroxylation is 1. The zero-order chi connectivity index (χ0) is 27.8. The summed E-state index contributed by atoms with van der Waals surface area (Å²) in [6.07, 6.45) is 0. The van der Waals surface area contributed by atoms with Gasteiger partial charge in [0.05, 0.1) is 24.1 Å². The van der Waals surface area contributed by atoms with Crippen LogP contribution in [0, 0.1) is 6.92 Å². The molecular formula is C33H26BrNO5. The first-order valence-electron chi connectivity index (χ1n) is 12.9. The molecule has 4 aromatic carbocycles. The molecule has 5 aromatic rings. The summed E-state index contributed by atoms with van der Waals surface area (Å²) >= 11 is 3.45. The Morgan fingerprint density at radius 3 is 2.40 bits per heavy atom. The molecule has 0 bridgehead atoms. The van der Waals surface area contributed by atoms with Gasteiger partial charge in [-0.15, -0.1) is 0 Å². The summed E-state index contributed by atoms with van der Waals surface area (Å²) in [6, 6.07) is 28.0. The van der Waals surface area contributed by atoms with E-state index in [1.165, 1.54) is 0 Å². The van der Waals surface area contributed by atoms with E-state index in [0.717, 1.165) is 26.7 Å². The lowest BCUT2D eigenvalue weighted by atomic mass is 9.97. The van der Waals surface area contributed by atoms with Gasteiger partial charge < -0.3 is 18.8 Å². The molecule has 1 amide bonds. The Morgan fingerprint density at radius 1 is 0.875 bits per heavy atom. The summed E-state index contributed by atoms with van der Waals surface area (Å²) in [5.41, 5.74) is 4.30. The number of rotatable bonds is 7. The van der Waals surface area contributed by atoms with E-state index in [4.69, 9.17) is 13.9 Å². The Balaban J connectivity index is 1.45. The second-order valence-electron chi connectivity index (χ2n) is 9.82. The molecule has 0 N–H and O–H groups in total. The smallest absolute Gasteiger partial charge is 0.291 e. The fraction of sp³-hybridized carbons (Fsp3) is 0.152. The Hall–Kier alpha value is -4.36. The average Bonchev–Trinajstić information content (AvgIpc) is 3.25. The van der Waals surface area contributed by atoms with Gasteiger partial charge >= 0.3 is 0 Å². The van der Waals surface area contributed by atoms with Crippen LogP contribution in [0.4, 0.5) is 0 Å². The van der Waals surface area contributed by atoms with Gasteiger partial charge in [0.2, 0.25) is 5.76 Å². The Morgan fingerprint density at radius 2 is 1.65 bits per heavy atom. The van der Waals surface area contributed by atoms with Gasteiger partial charge in [-0.2, -0.15) is 0 Å². The standard InChI is InChI=1S/C33H26BrNO5/c1-20-8-10-21(11-9-20)18-35-30(29-31(36)25-17-24(34)13-15-26(25)40-32(29)33(35)37)23-12-14-27(28(16-23)38-2)39-19-22-6-4-3-5-7-22/h3-17,30H,18-19H2,1-2H3. The highest BCUT2D eigenvalue weighted by molar-refractivity contribution is 9.10. The summed E-state index contributed by atoms with van der Waals surface area (Å²) in [5.74, 6) is 0.822. The van der Waals surface area contributed by atoms with E-state index >= 15 is 0 Å². The fourth-order valence-electron chi connectivity index (χ4n) is 5.10. The lowest BCUT2D eigenvalue weighted by Crippen LogP contribution is -2.29. The SMILES string of the molecule is COc1cc(C2c3c(oc4ccc(Br)cc4c3=O)C(=O)N2Cc2ccc(C)cc2)ccc1OCc1ccccc1. The molecule has 1 aromatic heterocycles. The van der Waals surface area contributed by atoms with Gasteiger partial charge in [-0.05, 0) is 53.9 Å². The van der Waals surface area contributed by atoms with E-state index in [-0.39, 0.29) is 17.1 Å². The topological polar surface area (TPSA) is 69.0 Å². The number of fused-ring (bicyclic) bond motifs is 2. The van der Waals surface area contributed by atoms with Crippen molar-refractivity contribution in [3.63, 3.8) is 0 Å². The number of benzene rings is 4. The fourth-order valence-corrected chi connectivity index (χ4v) is 5.46. The van der Waals surface area contributed by atoms with E-state index in [1.54, 1.807) is 30.2 Å². The van der Waals surface area contributed by atoms with Crippen molar-refractivity contribution >= 4 is 32.8 Å². The summed E-state index contributed by atoms with van der Waals surface area (Å²) in [5, 5.41) is 0.415. The van der Waals surface area contributed by atoms with E-state index in [9.17, 15) is 9.59 Å². The van der Waals surface area contributed by atoms with Crippen LogP contribution in [-0.4, -0.2) is 17.9 Å². The molecule has 0 saturated heterocycles. The van der Waals surface area contributed by atoms with Gasteiger partial charge in [0.25, 0.3) is 5.91 Å². The molecule has 1 aliphatic rings. The Bertz CT molecular complexity index is 1780. The predicted octanol–water partition coefficient (Wildman–Crippen LogP) is 7.20. The maximum atomic E-state index is 13.9. The number of amides is 1. The molecule has 40 heavy (non-hydrogen) atoms. The molecule has 6 nitrogen and oxygen atoms in total. The second kappa shape index (κ2) is 10.7. The molecule has 1 atom stereocenters. The minimum atomic E-state index is -0.666. The molecule has 2 heterocycles. The van der Waals surface area contributed by atoms with E-state index in [1.807, 2.05) is 79.7 Å². The highest BCUT2D eigenvalue weighted by Crippen LogP contribution is 2.42. The van der Waals surface area contributed by atoms with Crippen molar-refractivity contribution in [2.75, 3.05) is 7.11 Å². The quantitative estimate of drug-likeness (QED) is 0.199. The summed E-state index contributed by atoms with van der Waals surface area (Å²) in [4.78, 5) is 29.4. The van der Waals surface area contributed by atoms with Crippen molar-refractivity contribution in [2.24, 2.45) is 0 Å². The van der Waals surface area contributed by atoms with Crippen LogP contribution in [-0.2, 0) is 13.2 Å². The van der Waals surface area contributed by atoms with Crippen molar-refractivity contribution in [3.8, 4) is 11.5 Å². The largest absolute Gasteiger partial charge is 0.493 e. The van der Waals surface area contributed by atoms with Crippen LogP contribution in [0.2, 0.25) is 0 Å². The molecule has 200 valence electrons. The number of hydrogen-bond donors (Lipinski definition) is 0. The van der Waals surface area contributed by atoms with Gasteiger partial charge in [-0.1, -0.05) is 82.2 Å². The molecular weight excluding hydrogens is 570 g/mol. The minimum absolute atomic E-state index is 0.0697. The van der Waals surface area contributed by atoms with Gasteiger partial charge in [-0.25, -0.2) is 0 Å². The molecule has 1 unspecified atom stereocenters. The summed E-state index contributed by atoms with van der Waals surface area (Å²) in [7, 11) is 1.58. The Labute approximate surface area is 239 Å². The number of ether oxygens (including phenoxy) is 2. The van der Waals surface area contributed by atoms with Crippen molar-refractivity contribution in [3.05, 3.63) is 139 Å². The van der Waals surface area contributed by atoms with Crippen molar-refractivity contribution < 1.29 is 18.7 Å². The number of nitrogens with zero attached hydrogens (tertiary/aromatic N) is 1. The number of methoxy groups -OCH3 is 1. The second-order valence-corrected chi connectivity index (χ2v) is 10.7. The maximum absolute atomic E-state index is 13.9.